The van der Waals surface area contributed by atoms with E-state index in [9.17, 15) is 9.90 Å². The van der Waals surface area contributed by atoms with Crippen molar-refractivity contribution in [2.24, 2.45) is 5.92 Å². The van der Waals surface area contributed by atoms with Gasteiger partial charge in [0.2, 0.25) is 0 Å². The minimum Gasteiger partial charge on any atom is -0.512 e. The first-order valence-electron chi connectivity index (χ1n) is 10.5. The van der Waals surface area contributed by atoms with E-state index in [1.807, 2.05) is 42.5 Å². The maximum atomic E-state index is 12.1. The molecule has 4 nitrogen and oxygen atoms in total. The highest BCUT2D eigenvalue weighted by atomic mass is 16.6. The summed E-state index contributed by atoms with van der Waals surface area (Å²) in [5.74, 6) is 0.887. The van der Waals surface area contributed by atoms with Crippen molar-refractivity contribution in [1.29, 1.82) is 0 Å². The second-order valence-electron chi connectivity index (χ2n) is 8.20. The first-order valence-corrected chi connectivity index (χ1v) is 10.5. The third kappa shape index (κ3) is 4.81. The molecule has 0 bridgehead atoms. The minimum absolute atomic E-state index is 0.146. The van der Waals surface area contributed by atoms with Crippen molar-refractivity contribution in [3.63, 3.8) is 0 Å². The molecular formula is C25H28O4. The van der Waals surface area contributed by atoms with E-state index in [4.69, 9.17) is 9.47 Å². The highest BCUT2D eigenvalue weighted by Gasteiger charge is 2.45. The van der Waals surface area contributed by atoms with Crippen LogP contribution in [0.15, 0.2) is 66.4 Å². The van der Waals surface area contributed by atoms with Gasteiger partial charge in [0.05, 0.1) is 6.08 Å². The van der Waals surface area contributed by atoms with Crippen LogP contribution in [0.5, 0.6) is 5.75 Å². The lowest BCUT2D eigenvalue weighted by Gasteiger charge is -2.40. The molecule has 1 fully saturated rings. The van der Waals surface area contributed by atoms with Gasteiger partial charge >= 0.3 is 5.97 Å². The van der Waals surface area contributed by atoms with E-state index in [0.29, 0.717) is 25.4 Å². The lowest BCUT2D eigenvalue weighted by atomic mass is 9.77. The van der Waals surface area contributed by atoms with E-state index in [-0.39, 0.29) is 5.76 Å². The van der Waals surface area contributed by atoms with Crippen LogP contribution in [-0.4, -0.2) is 16.7 Å². The van der Waals surface area contributed by atoms with Crippen LogP contribution in [0.2, 0.25) is 0 Å². The Bertz CT molecular complexity index is 867. The quantitative estimate of drug-likeness (QED) is 0.631. The molecule has 0 saturated heterocycles. The van der Waals surface area contributed by atoms with E-state index >= 15 is 0 Å². The first-order chi connectivity index (χ1) is 14.1. The van der Waals surface area contributed by atoms with Crippen molar-refractivity contribution in [2.75, 3.05) is 0 Å². The van der Waals surface area contributed by atoms with Crippen LogP contribution in [0, 0.1) is 5.92 Å². The fourth-order valence-corrected chi connectivity index (χ4v) is 4.67. The number of rotatable bonds is 7. The van der Waals surface area contributed by atoms with Gasteiger partial charge in [-0.25, -0.2) is 4.79 Å². The van der Waals surface area contributed by atoms with Gasteiger partial charge in [0.15, 0.2) is 0 Å². The zero-order valence-electron chi connectivity index (χ0n) is 16.7. The standard InChI is InChI=1S/C25H28O4/c26-22-16-24(27)29-25(17-22,21-10-4-5-11-21)14-13-19-9-6-12-23(15-19)28-18-20-7-2-1-3-8-20/h1-3,6-9,12,15-16,21,26H,4-5,10-11,13-14,17-18H2/t25-/m0/s1. The fraction of sp³-hybridized carbons (Fsp3) is 0.400. The van der Waals surface area contributed by atoms with Crippen molar-refractivity contribution in [2.45, 2.75) is 57.2 Å². The Morgan fingerprint density at radius 3 is 2.55 bits per heavy atom. The molecule has 4 heteroatoms. The van der Waals surface area contributed by atoms with Crippen LogP contribution in [0.1, 0.15) is 49.7 Å². The Morgan fingerprint density at radius 2 is 1.79 bits per heavy atom. The van der Waals surface area contributed by atoms with E-state index in [1.54, 1.807) is 0 Å². The summed E-state index contributed by atoms with van der Waals surface area (Å²) in [5, 5.41) is 10.1. The Balaban J connectivity index is 1.44. The average Bonchev–Trinajstić information content (AvgIpc) is 3.27. The maximum absolute atomic E-state index is 12.1. The Morgan fingerprint density at radius 1 is 1.03 bits per heavy atom. The van der Waals surface area contributed by atoms with Crippen LogP contribution >= 0.6 is 0 Å². The molecule has 152 valence electrons. The molecule has 1 heterocycles. The Labute approximate surface area is 172 Å². The third-order valence-corrected chi connectivity index (χ3v) is 6.15. The van der Waals surface area contributed by atoms with E-state index < -0.39 is 11.6 Å². The minimum atomic E-state index is -0.590. The molecule has 2 aromatic rings. The number of esters is 1. The van der Waals surface area contributed by atoms with Crippen molar-refractivity contribution < 1.29 is 19.4 Å². The largest absolute Gasteiger partial charge is 0.512 e. The molecule has 0 aromatic heterocycles. The van der Waals surface area contributed by atoms with Crippen molar-refractivity contribution in [1.82, 2.24) is 0 Å². The van der Waals surface area contributed by atoms with Gasteiger partial charge in [-0.1, -0.05) is 55.3 Å². The normalized spacial score (nSPS) is 22.2. The van der Waals surface area contributed by atoms with Crippen molar-refractivity contribution in [3.8, 4) is 5.75 Å². The number of benzene rings is 2. The number of aryl methyl sites for hydroxylation is 1. The number of aliphatic hydroxyl groups excluding tert-OH is 1. The van der Waals surface area contributed by atoms with Crippen molar-refractivity contribution >= 4 is 5.97 Å². The lowest BCUT2D eigenvalue weighted by molar-refractivity contribution is -0.165. The second kappa shape index (κ2) is 8.73. The van der Waals surface area contributed by atoms with Crippen LogP contribution in [0.4, 0.5) is 0 Å². The number of hydrogen-bond donors (Lipinski definition) is 1. The molecule has 1 saturated carbocycles. The topological polar surface area (TPSA) is 55.8 Å². The first kappa shape index (κ1) is 19.6. The summed E-state index contributed by atoms with van der Waals surface area (Å²) >= 11 is 0. The van der Waals surface area contributed by atoms with Crippen LogP contribution in [0.25, 0.3) is 0 Å². The van der Waals surface area contributed by atoms with Crippen molar-refractivity contribution in [3.05, 3.63) is 77.6 Å². The van der Waals surface area contributed by atoms with Crippen LogP contribution in [0.3, 0.4) is 0 Å². The maximum Gasteiger partial charge on any atom is 0.334 e. The number of aliphatic hydroxyl groups is 1. The molecule has 29 heavy (non-hydrogen) atoms. The third-order valence-electron chi connectivity index (χ3n) is 6.15. The highest BCUT2D eigenvalue weighted by molar-refractivity contribution is 5.83. The average molecular weight is 392 g/mol. The monoisotopic (exact) mass is 392 g/mol. The number of ether oxygens (including phenoxy) is 2. The molecule has 1 atom stereocenters. The summed E-state index contributed by atoms with van der Waals surface area (Å²) in [6.45, 7) is 0.534. The van der Waals surface area contributed by atoms with Gasteiger partial charge in [0.25, 0.3) is 0 Å². The van der Waals surface area contributed by atoms with Gasteiger partial charge in [-0.15, -0.1) is 0 Å². The van der Waals surface area contributed by atoms with Crippen LogP contribution < -0.4 is 4.74 Å². The zero-order chi connectivity index (χ0) is 20.1. The highest BCUT2D eigenvalue weighted by Crippen LogP contribution is 2.44. The molecular weight excluding hydrogens is 364 g/mol. The Hall–Kier alpha value is -2.75. The van der Waals surface area contributed by atoms with Gasteiger partial charge in [0, 0.05) is 6.42 Å². The summed E-state index contributed by atoms with van der Waals surface area (Å²) in [6.07, 6.45) is 7.57. The molecule has 2 aromatic carbocycles. The van der Waals surface area contributed by atoms with Crippen LogP contribution in [-0.2, 0) is 22.6 Å². The molecule has 1 aliphatic heterocycles. The molecule has 0 amide bonds. The number of carbonyl (C=O) groups excluding carboxylic acids is 1. The number of cyclic esters (lactones) is 1. The van der Waals surface area contributed by atoms with E-state index in [0.717, 1.165) is 49.0 Å². The van der Waals surface area contributed by atoms with Gasteiger partial charge < -0.3 is 14.6 Å². The van der Waals surface area contributed by atoms with Gasteiger partial charge in [-0.3, -0.25) is 0 Å². The number of carbonyl (C=O) groups is 1. The van der Waals surface area contributed by atoms with E-state index in [2.05, 4.69) is 12.1 Å². The summed E-state index contributed by atoms with van der Waals surface area (Å²) < 4.78 is 11.8. The molecule has 1 aliphatic carbocycles. The molecule has 2 aliphatic rings. The molecule has 0 spiro atoms. The molecule has 4 rings (SSSR count). The van der Waals surface area contributed by atoms with Gasteiger partial charge in [-0.05, 0) is 54.9 Å². The fourth-order valence-electron chi connectivity index (χ4n) is 4.67. The van der Waals surface area contributed by atoms with Gasteiger partial charge in [0.1, 0.15) is 23.7 Å². The predicted octanol–water partition coefficient (Wildman–Crippen LogP) is 5.52. The Kier molecular flexibility index (Phi) is 5.89. The zero-order valence-corrected chi connectivity index (χ0v) is 16.7. The number of hydrogen-bond acceptors (Lipinski definition) is 4. The van der Waals surface area contributed by atoms with E-state index in [1.165, 1.54) is 6.08 Å². The molecule has 0 unspecified atom stereocenters. The lowest BCUT2D eigenvalue weighted by Crippen LogP contribution is -2.44. The SMILES string of the molecule is O=C1C=C(O)C[C@@](CCc2cccc(OCc3ccccc3)c2)(C2CCCC2)O1. The predicted molar refractivity (Wildman–Crippen MR) is 112 cm³/mol. The smallest absolute Gasteiger partial charge is 0.334 e. The summed E-state index contributed by atoms with van der Waals surface area (Å²) in [4.78, 5) is 12.1. The molecule has 1 N–H and O–H groups in total. The summed E-state index contributed by atoms with van der Waals surface area (Å²) in [6, 6.07) is 18.2. The van der Waals surface area contributed by atoms with Gasteiger partial charge in [-0.2, -0.15) is 0 Å². The second-order valence-corrected chi connectivity index (χ2v) is 8.20. The summed E-state index contributed by atoms with van der Waals surface area (Å²) in [7, 11) is 0. The molecule has 0 radical (unpaired) electrons. The summed E-state index contributed by atoms with van der Waals surface area (Å²) in [5.41, 5.74) is 1.69.